The molecule has 1 spiro atoms. The molecule has 1 amide bonds. The molecule has 0 saturated carbocycles. The van der Waals surface area contributed by atoms with Gasteiger partial charge in [0.25, 0.3) is 0 Å². The number of aromatic nitrogens is 3. The fraction of sp³-hybridized carbons (Fsp3) is 0.409. The molecule has 3 aromatic rings. The lowest BCUT2D eigenvalue weighted by Gasteiger charge is -2.48. The molecule has 31 heavy (non-hydrogen) atoms. The van der Waals surface area contributed by atoms with E-state index in [1.165, 1.54) is 24.8 Å². The molecule has 2 aliphatic rings. The number of hydrogen-bond donors (Lipinski definition) is 0. The number of nitrogens with zero attached hydrogens (tertiary/aromatic N) is 5. The second-order valence-electron chi connectivity index (χ2n) is 8.24. The molecule has 2 aliphatic heterocycles. The number of benzene rings is 1. The second kappa shape index (κ2) is 8.05. The zero-order valence-corrected chi connectivity index (χ0v) is 18.1. The Morgan fingerprint density at radius 3 is 2.65 bits per heavy atom. The van der Waals surface area contributed by atoms with Crippen LogP contribution in [0.25, 0.3) is 11.4 Å². The normalized spacial score (nSPS) is 18.2. The van der Waals surface area contributed by atoms with Gasteiger partial charge in [0.1, 0.15) is 5.82 Å². The van der Waals surface area contributed by atoms with Gasteiger partial charge in [-0.15, -0.1) is 10.2 Å². The first kappa shape index (κ1) is 20.1. The molecule has 2 aromatic heterocycles. The lowest BCUT2D eigenvalue weighted by Crippen LogP contribution is -2.57. The van der Waals surface area contributed by atoms with Crippen LogP contribution in [0.4, 0.5) is 9.18 Å². The maximum absolute atomic E-state index is 13.5. The predicted octanol–water partition coefficient (Wildman–Crippen LogP) is 3.72. The summed E-state index contributed by atoms with van der Waals surface area (Å²) in [5.74, 6) is 1.18. The highest BCUT2D eigenvalue weighted by Gasteiger charge is 2.45. The number of rotatable bonds is 3. The fourth-order valence-corrected chi connectivity index (χ4v) is 5.42. The third-order valence-corrected chi connectivity index (χ3v) is 7.06. The molecule has 0 aliphatic carbocycles. The third-order valence-electron chi connectivity index (χ3n) is 6.33. The van der Waals surface area contributed by atoms with Crippen LogP contribution in [0.15, 0.2) is 41.1 Å². The number of carbonyl (C=O) groups excluding carboxylic acids is 1. The van der Waals surface area contributed by atoms with Crippen LogP contribution >= 0.6 is 11.3 Å². The average Bonchev–Trinajstić information content (AvgIpc) is 3.46. The largest absolute Gasteiger partial charge is 0.453 e. The Bertz CT molecular complexity index is 1060. The van der Waals surface area contributed by atoms with E-state index in [2.05, 4.69) is 36.5 Å². The monoisotopic (exact) mass is 441 g/mol. The van der Waals surface area contributed by atoms with Crippen molar-refractivity contribution >= 4 is 17.4 Å². The number of methoxy groups -OCH3 is 1. The lowest BCUT2D eigenvalue weighted by atomic mass is 9.84. The SMILES string of the molecule is COC(=O)N1Cc2nnc(-c3ccc(F)cc3)n2C2(CCN(Cc3ccsc3)CC2)C1. The minimum atomic E-state index is -0.349. The molecule has 0 bridgehead atoms. The van der Waals surface area contributed by atoms with E-state index in [0.29, 0.717) is 13.1 Å². The molecule has 162 valence electrons. The van der Waals surface area contributed by atoms with Crippen molar-refractivity contribution in [3.05, 3.63) is 58.3 Å². The van der Waals surface area contributed by atoms with Gasteiger partial charge >= 0.3 is 6.09 Å². The molecule has 5 rings (SSSR count). The first-order chi connectivity index (χ1) is 15.1. The van der Waals surface area contributed by atoms with Crippen molar-refractivity contribution in [3.8, 4) is 11.4 Å². The number of likely N-dealkylation sites (tertiary alicyclic amines) is 1. The van der Waals surface area contributed by atoms with Gasteiger partial charge in [0, 0.05) is 31.7 Å². The first-order valence-corrected chi connectivity index (χ1v) is 11.3. The van der Waals surface area contributed by atoms with Gasteiger partial charge in [-0.2, -0.15) is 11.3 Å². The van der Waals surface area contributed by atoms with Crippen molar-refractivity contribution in [1.82, 2.24) is 24.6 Å². The highest BCUT2D eigenvalue weighted by molar-refractivity contribution is 7.07. The molecule has 1 saturated heterocycles. The number of piperidine rings is 1. The Balaban J connectivity index is 1.48. The van der Waals surface area contributed by atoms with Crippen LogP contribution in [0.2, 0.25) is 0 Å². The van der Waals surface area contributed by atoms with Gasteiger partial charge < -0.3 is 9.30 Å². The Kier molecular flexibility index (Phi) is 5.23. The Morgan fingerprint density at radius 2 is 1.97 bits per heavy atom. The van der Waals surface area contributed by atoms with Crippen molar-refractivity contribution in [2.75, 3.05) is 26.7 Å². The number of carbonyl (C=O) groups is 1. The summed E-state index contributed by atoms with van der Waals surface area (Å²) in [6, 6.07) is 8.52. The highest BCUT2D eigenvalue weighted by atomic mass is 32.1. The van der Waals surface area contributed by atoms with E-state index in [-0.39, 0.29) is 17.4 Å². The van der Waals surface area contributed by atoms with E-state index in [1.54, 1.807) is 28.4 Å². The maximum atomic E-state index is 13.5. The average molecular weight is 442 g/mol. The summed E-state index contributed by atoms with van der Waals surface area (Å²) in [5, 5.41) is 13.2. The third kappa shape index (κ3) is 3.72. The number of amides is 1. The number of halogens is 1. The summed E-state index contributed by atoms with van der Waals surface area (Å²) in [7, 11) is 1.40. The van der Waals surface area contributed by atoms with E-state index >= 15 is 0 Å². The number of hydrogen-bond acceptors (Lipinski definition) is 6. The van der Waals surface area contributed by atoms with Gasteiger partial charge in [0.05, 0.1) is 19.2 Å². The number of thiophene rings is 1. The van der Waals surface area contributed by atoms with E-state index in [0.717, 1.165) is 49.7 Å². The molecule has 0 radical (unpaired) electrons. The minimum absolute atomic E-state index is 0.282. The summed E-state index contributed by atoms with van der Waals surface area (Å²) in [6.45, 7) is 3.64. The minimum Gasteiger partial charge on any atom is -0.453 e. The first-order valence-electron chi connectivity index (χ1n) is 10.3. The number of fused-ring (bicyclic) bond motifs is 2. The molecule has 1 aromatic carbocycles. The van der Waals surface area contributed by atoms with Crippen LogP contribution < -0.4 is 0 Å². The highest BCUT2D eigenvalue weighted by Crippen LogP contribution is 2.39. The van der Waals surface area contributed by atoms with Gasteiger partial charge in [-0.3, -0.25) is 9.80 Å². The van der Waals surface area contributed by atoms with E-state index < -0.39 is 0 Å². The topological polar surface area (TPSA) is 63.5 Å². The lowest BCUT2D eigenvalue weighted by molar-refractivity contribution is 0.0342. The van der Waals surface area contributed by atoms with Gasteiger partial charge in [0.2, 0.25) is 0 Å². The fourth-order valence-electron chi connectivity index (χ4n) is 4.76. The predicted molar refractivity (Wildman–Crippen MR) is 115 cm³/mol. The van der Waals surface area contributed by atoms with Crippen LogP contribution in [0, 0.1) is 5.82 Å². The van der Waals surface area contributed by atoms with Crippen molar-refractivity contribution in [1.29, 1.82) is 0 Å². The van der Waals surface area contributed by atoms with Gasteiger partial charge in [-0.05, 0) is 59.5 Å². The quantitative estimate of drug-likeness (QED) is 0.620. The van der Waals surface area contributed by atoms with E-state index in [1.807, 2.05) is 0 Å². The Morgan fingerprint density at radius 1 is 1.19 bits per heavy atom. The van der Waals surface area contributed by atoms with Crippen LogP contribution in [0.5, 0.6) is 0 Å². The molecule has 0 unspecified atom stereocenters. The molecule has 9 heteroatoms. The van der Waals surface area contributed by atoms with Gasteiger partial charge in [-0.25, -0.2) is 9.18 Å². The van der Waals surface area contributed by atoms with Crippen molar-refractivity contribution in [2.24, 2.45) is 0 Å². The summed E-state index contributed by atoms with van der Waals surface area (Å²) < 4.78 is 20.7. The van der Waals surface area contributed by atoms with Crippen LogP contribution in [0.3, 0.4) is 0 Å². The molecular weight excluding hydrogens is 417 g/mol. The van der Waals surface area contributed by atoms with Crippen molar-refractivity contribution in [3.63, 3.8) is 0 Å². The van der Waals surface area contributed by atoms with Gasteiger partial charge in [0.15, 0.2) is 11.6 Å². The summed E-state index contributed by atoms with van der Waals surface area (Å²) >= 11 is 1.72. The van der Waals surface area contributed by atoms with Gasteiger partial charge in [-0.1, -0.05) is 0 Å². The smallest absolute Gasteiger partial charge is 0.409 e. The molecular formula is C22H24FN5O2S. The molecule has 0 atom stereocenters. The zero-order chi connectivity index (χ0) is 21.4. The zero-order valence-electron chi connectivity index (χ0n) is 17.3. The Labute approximate surface area is 184 Å². The molecule has 1 fully saturated rings. The van der Waals surface area contributed by atoms with Crippen LogP contribution in [0.1, 0.15) is 24.2 Å². The Hall–Kier alpha value is -2.78. The summed E-state index contributed by atoms with van der Waals surface area (Å²) in [5.41, 5.74) is 1.84. The maximum Gasteiger partial charge on any atom is 0.409 e. The summed E-state index contributed by atoms with van der Waals surface area (Å²) in [6.07, 6.45) is 1.38. The van der Waals surface area contributed by atoms with Crippen molar-refractivity contribution in [2.45, 2.75) is 31.5 Å². The van der Waals surface area contributed by atoms with Crippen LogP contribution in [-0.4, -0.2) is 57.4 Å². The van der Waals surface area contributed by atoms with Crippen molar-refractivity contribution < 1.29 is 13.9 Å². The molecule has 0 N–H and O–H groups in total. The second-order valence-corrected chi connectivity index (χ2v) is 9.02. The molecule has 4 heterocycles. The summed E-state index contributed by atoms with van der Waals surface area (Å²) in [4.78, 5) is 16.6. The standard InChI is InChI=1S/C22H24FN5O2S/c1-30-21(29)27-13-19-24-25-20(17-2-4-18(23)5-3-17)28(19)22(15-27)7-9-26(10-8-22)12-16-6-11-31-14-16/h2-6,11,14H,7-10,12-13,15H2,1H3. The number of ether oxygens (including phenoxy) is 1. The van der Waals surface area contributed by atoms with Crippen LogP contribution in [-0.2, 0) is 23.4 Å². The molecule has 7 nitrogen and oxygen atoms in total. The van der Waals surface area contributed by atoms with E-state index in [9.17, 15) is 9.18 Å². The van der Waals surface area contributed by atoms with E-state index in [4.69, 9.17) is 4.74 Å².